The fourth-order valence-corrected chi connectivity index (χ4v) is 2.68. The van der Waals surface area contributed by atoms with Crippen LogP contribution in [0.15, 0.2) is 18.5 Å². The van der Waals surface area contributed by atoms with Crippen LogP contribution in [0.2, 0.25) is 5.02 Å². The van der Waals surface area contributed by atoms with Gasteiger partial charge in [0.25, 0.3) is 0 Å². The Morgan fingerprint density at radius 2 is 2.47 bits per heavy atom. The van der Waals surface area contributed by atoms with Crippen molar-refractivity contribution in [3.05, 3.63) is 29.0 Å². The van der Waals surface area contributed by atoms with Crippen LogP contribution < -0.4 is 5.32 Å². The topological polar surface area (TPSA) is 45.2 Å². The largest absolute Gasteiger partial charge is 0.356 e. The van der Waals surface area contributed by atoms with E-state index in [0.29, 0.717) is 5.92 Å². The summed E-state index contributed by atoms with van der Waals surface area (Å²) in [6, 6.07) is 1.83. The van der Waals surface area contributed by atoms with Gasteiger partial charge in [-0.25, -0.2) is 0 Å². The van der Waals surface area contributed by atoms with Gasteiger partial charge in [0.1, 0.15) is 0 Å². The summed E-state index contributed by atoms with van der Waals surface area (Å²) in [6.45, 7) is 5.26. The highest BCUT2D eigenvalue weighted by atomic mass is 35.5. The number of piperidine rings is 1. The van der Waals surface area contributed by atoms with Crippen LogP contribution >= 0.6 is 11.6 Å². The fourth-order valence-electron chi connectivity index (χ4n) is 2.52. The Hall–Kier alpha value is -1.13. The second-order valence-corrected chi connectivity index (χ2v) is 5.55. The first-order chi connectivity index (χ1) is 9.15. The molecular weight excluding hydrogens is 262 g/mol. The van der Waals surface area contributed by atoms with Gasteiger partial charge in [-0.05, 0) is 31.4 Å². The van der Waals surface area contributed by atoms with Crippen molar-refractivity contribution >= 4 is 17.5 Å². The summed E-state index contributed by atoms with van der Waals surface area (Å²) in [7, 11) is 0. The summed E-state index contributed by atoms with van der Waals surface area (Å²) >= 11 is 6.16. The van der Waals surface area contributed by atoms with E-state index in [0.717, 1.165) is 36.8 Å². The van der Waals surface area contributed by atoms with Crippen LogP contribution in [0.5, 0.6) is 0 Å². The number of amides is 1. The summed E-state index contributed by atoms with van der Waals surface area (Å²) in [6.07, 6.45) is 5.89. The lowest BCUT2D eigenvalue weighted by molar-refractivity contribution is -0.119. The van der Waals surface area contributed by atoms with Gasteiger partial charge in [0.15, 0.2) is 0 Å². The molecule has 4 nitrogen and oxygen atoms in total. The number of carbonyl (C=O) groups is 1. The summed E-state index contributed by atoms with van der Waals surface area (Å²) < 4.78 is 0. The van der Waals surface area contributed by atoms with E-state index in [4.69, 9.17) is 11.6 Å². The molecule has 1 aromatic heterocycles. The normalized spacial score (nSPS) is 20.2. The van der Waals surface area contributed by atoms with Gasteiger partial charge in [0.2, 0.25) is 5.91 Å². The van der Waals surface area contributed by atoms with Crippen LogP contribution in [0.1, 0.15) is 25.3 Å². The van der Waals surface area contributed by atoms with Gasteiger partial charge >= 0.3 is 0 Å². The van der Waals surface area contributed by atoms with Crippen LogP contribution in [-0.2, 0) is 11.3 Å². The average Bonchev–Trinajstić information content (AvgIpc) is 2.40. The lowest BCUT2D eigenvalue weighted by Gasteiger charge is -2.32. The van der Waals surface area contributed by atoms with Crippen LogP contribution in [0.4, 0.5) is 0 Å². The number of nitrogens with one attached hydrogen (secondary N) is 1. The number of aromatic nitrogens is 1. The molecule has 1 aliphatic rings. The quantitative estimate of drug-likeness (QED) is 0.919. The van der Waals surface area contributed by atoms with E-state index in [2.05, 4.69) is 15.2 Å². The first kappa shape index (κ1) is 14.3. The molecule has 0 radical (unpaired) electrons. The van der Waals surface area contributed by atoms with Crippen LogP contribution in [0.3, 0.4) is 0 Å². The number of halogens is 1. The summed E-state index contributed by atoms with van der Waals surface area (Å²) in [5.74, 6) is 0.584. The second kappa shape index (κ2) is 6.87. The number of hydrogen-bond donors (Lipinski definition) is 1. The van der Waals surface area contributed by atoms with E-state index in [1.54, 1.807) is 13.1 Å². The molecule has 2 rings (SSSR count). The standard InChI is InChI=1S/C14H20ClN3O/c1-11(19)17-7-12-3-2-6-18(9-12)10-13-8-16-5-4-14(13)15/h4-5,8,12H,2-3,6-7,9-10H2,1H3,(H,17,19)/t12-/m0/s1. The lowest BCUT2D eigenvalue weighted by atomic mass is 9.97. The SMILES string of the molecule is CC(=O)NC[C@@H]1CCCN(Cc2cnccc2Cl)C1. The van der Waals surface area contributed by atoms with Crippen molar-refractivity contribution in [1.29, 1.82) is 0 Å². The Morgan fingerprint density at radius 3 is 3.21 bits per heavy atom. The van der Waals surface area contributed by atoms with Crippen molar-refractivity contribution in [3.8, 4) is 0 Å². The Bertz CT molecular complexity index is 438. The summed E-state index contributed by atoms with van der Waals surface area (Å²) in [4.78, 5) is 17.5. The van der Waals surface area contributed by atoms with Crippen molar-refractivity contribution in [3.63, 3.8) is 0 Å². The zero-order chi connectivity index (χ0) is 13.7. The van der Waals surface area contributed by atoms with Crippen LogP contribution in [0, 0.1) is 5.92 Å². The lowest BCUT2D eigenvalue weighted by Crippen LogP contribution is -2.40. The first-order valence-electron chi connectivity index (χ1n) is 6.70. The highest BCUT2D eigenvalue weighted by molar-refractivity contribution is 6.31. The van der Waals surface area contributed by atoms with Crippen molar-refractivity contribution in [2.75, 3.05) is 19.6 Å². The minimum Gasteiger partial charge on any atom is -0.356 e. The van der Waals surface area contributed by atoms with Gasteiger partial charge in [0, 0.05) is 49.5 Å². The molecule has 1 aliphatic heterocycles. The van der Waals surface area contributed by atoms with Gasteiger partial charge in [-0.3, -0.25) is 14.7 Å². The number of pyridine rings is 1. The third-order valence-electron chi connectivity index (χ3n) is 3.48. The first-order valence-corrected chi connectivity index (χ1v) is 7.08. The monoisotopic (exact) mass is 281 g/mol. The average molecular weight is 282 g/mol. The molecule has 1 aromatic rings. The maximum Gasteiger partial charge on any atom is 0.216 e. The van der Waals surface area contributed by atoms with Crippen molar-refractivity contribution < 1.29 is 4.79 Å². The number of nitrogens with zero attached hydrogens (tertiary/aromatic N) is 2. The van der Waals surface area contributed by atoms with Crippen LogP contribution in [-0.4, -0.2) is 35.4 Å². The molecule has 0 spiro atoms. The molecule has 0 unspecified atom stereocenters. The minimum absolute atomic E-state index is 0.0485. The molecule has 1 atom stereocenters. The maximum absolute atomic E-state index is 11.0. The van der Waals surface area contributed by atoms with Gasteiger partial charge in [-0.15, -0.1) is 0 Å². The molecule has 1 fully saturated rings. The Morgan fingerprint density at radius 1 is 1.63 bits per heavy atom. The van der Waals surface area contributed by atoms with E-state index >= 15 is 0 Å². The van der Waals surface area contributed by atoms with Crippen molar-refractivity contribution in [2.24, 2.45) is 5.92 Å². The molecule has 0 bridgehead atoms. The summed E-state index contributed by atoms with van der Waals surface area (Å²) in [5, 5.41) is 3.68. The van der Waals surface area contributed by atoms with Gasteiger partial charge in [0.05, 0.1) is 0 Å². The Labute approximate surface area is 119 Å². The summed E-state index contributed by atoms with van der Waals surface area (Å²) in [5.41, 5.74) is 1.07. The molecule has 5 heteroatoms. The predicted molar refractivity (Wildman–Crippen MR) is 75.9 cm³/mol. The fraction of sp³-hybridized carbons (Fsp3) is 0.571. The van der Waals surface area contributed by atoms with Gasteiger partial charge in [-0.1, -0.05) is 11.6 Å². The van der Waals surface area contributed by atoms with Gasteiger partial charge in [-0.2, -0.15) is 0 Å². The van der Waals surface area contributed by atoms with Crippen molar-refractivity contribution in [2.45, 2.75) is 26.3 Å². The molecule has 0 aliphatic carbocycles. The molecule has 2 heterocycles. The zero-order valence-corrected chi connectivity index (χ0v) is 12.0. The molecule has 1 saturated heterocycles. The van der Waals surface area contributed by atoms with Crippen molar-refractivity contribution in [1.82, 2.24) is 15.2 Å². The zero-order valence-electron chi connectivity index (χ0n) is 11.2. The Balaban J connectivity index is 1.87. The molecule has 0 aromatic carbocycles. The van der Waals surface area contributed by atoms with E-state index in [1.807, 2.05) is 12.3 Å². The smallest absolute Gasteiger partial charge is 0.216 e. The number of hydrogen-bond acceptors (Lipinski definition) is 3. The number of carbonyl (C=O) groups excluding carboxylic acids is 1. The van der Waals surface area contributed by atoms with E-state index in [-0.39, 0.29) is 5.91 Å². The minimum atomic E-state index is 0.0485. The Kier molecular flexibility index (Phi) is 5.16. The maximum atomic E-state index is 11.0. The molecular formula is C14H20ClN3O. The number of rotatable bonds is 4. The molecule has 1 amide bonds. The highest BCUT2D eigenvalue weighted by Crippen LogP contribution is 2.21. The van der Waals surface area contributed by atoms with E-state index in [9.17, 15) is 4.79 Å². The number of likely N-dealkylation sites (tertiary alicyclic amines) is 1. The van der Waals surface area contributed by atoms with E-state index in [1.165, 1.54) is 12.8 Å². The van der Waals surface area contributed by atoms with E-state index < -0.39 is 0 Å². The van der Waals surface area contributed by atoms with Crippen LogP contribution in [0.25, 0.3) is 0 Å². The molecule has 19 heavy (non-hydrogen) atoms. The highest BCUT2D eigenvalue weighted by Gasteiger charge is 2.20. The predicted octanol–water partition coefficient (Wildman–Crippen LogP) is 2.08. The molecule has 0 saturated carbocycles. The second-order valence-electron chi connectivity index (χ2n) is 5.15. The molecule has 104 valence electrons. The third-order valence-corrected chi connectivity index (χ3v) is 3.85. The van der Waals surface area contributed by atoms with Gasteiger partial charge < -0.3 is 5.32 Å². The third kappa shape index (κ3) is 4.48. The molecule has 1 N–H and O–H groups in total.